The highest BCUT2D eigenvalue weighted by Crippen LogP contribution is 2.13. The lowest BCUT2D eigenvalue weighted by Gasteiger charge is -2.11. The molecule has 84 valence electrons. The van der Waals surface area contributed by atoms with Crippen LogP contribution in [0.1, 0.15) is 20.3 Å². The first-order chi connectivity index (χ1) is 7.19. The Hall–Kier alpha value is -1.63. The summed E-state index contributed by atoms with van der Waals surface area (Å²) in [6.45, 7) is 3.93. The van der Waals surface area contributed by atoms with Gasteiger partial charge in [0.05, 0.1) is 13.2 Å². The van der Waals surface area contributed by atoms with E-state index in [1.807, 2.05) is 13.8 Å². The zero-order valence-electron chi connectivity index (χ0n) is 9.02. The highest BCUT2D eigenvalue weighted by Gasteiger charge is 2.09. The van der Waals surface area contributed by atoms with Gasteiger partial charge in [0.1, 0.15) is 0 Å². The molecule has 0 amide bonds. The van der Waals surface area contributed by atoms with Crippen LogP contribution in [0.2, 0.25) is 0 Å². The summed E-state index contributed by atoms with van der Waals surface area (Å²) < 4.78 is 10.3. The van der Waals surface area contributed by atoms with Gasteiger partial charge < -0.3 is 9.47 Å². The van der Waals surface area contributed by atoms with Gasteiger partial charge in [0.15, 0.2) is 0 Å². The Kier molecular flexibility index (Phi) is 4.04. The van der Waals surface area contributed by atoms with Crippen LogP contribution < -0.4 is 20.7 Å². The molecule has 0 saturated carbocycles. The maximum atomic E-state index is 5.41. The summed E-state index contributed by atoms with van der Waals surface area (Å²) in [6, 6.07) is 0.361. The number of nitrogens with two attached hydrogens (primary N) is 1. The van der Waals surface area contributed by atoms with Crippen molar-refractivity contribution < 1.29 is 9.47 Å². The van der Waals surface area contributed by atoms with E-state index in [9.17, 15) is 0 Å². The fraction of sp³-hybridized carbons (Fsp3) is 0.625. The number of aromatic nitrogens is 3. The molecule has 0 radical (unpaired) electrons. The number of ether oxygens (including phenoxy) is 2. The Morgan fingerprint density at radius 3 is 2.53 bits per heavy atom. The lowest BCUT2D eigenvalue weighted by Crippen LogP contribution is -2.16. The van der Waals surface area contributed by atoms with Crippen molar-refractivity contribution >= 4 is 5.95 Å². The molecule has 0 aromatic carbocycles. The molecule has 0 spiro atoms. The summed E-state index contributed by atoms with van der Waals surface area (Å²) in [5.41, 5.74) is 2.31. The van der Waals surface area contributed by atoms with Crippen molar-refractivity contribution in [2.45, 2.75) is 26.4 Å². The molecule has 15 heavy (non-hydrogen) atoms. The molecule has 0 aliphatic carbocycles. The second-order valence-corrected chi connectivity index (χ2v) is 2.91. The maximum Gasteiger partial charge on any atom is 0.324 e. The van der Waals surface area contributed by atoms with Crippen LogP contribution in [-0.2, 0) is 0 Å². The summed E-state index contributed by atoms with van der Waals surface area (Å²) in [7, 11) is 1.46. The molecule has 7 nitrogen and oxygen atoms in total. The van der Waals surface area contributed by atoms with Gasteiger partial charge in [-0.1, -0.05) is 6.92 Å². The number of hydrogen-bond acceptors (Lipinski definition) is 7. The predicted molar refractivity (Wildman–Crippen MR) is 54.6 cm³/mol. The van der Waals surface area contributed by atoms with Crippen LogP contribution in [0.25, 0.3) is 0 Å². The van der Waals surface area contributed by atoms with Crippen molar-refractivity contribution in [3.63, 3.8) is 0 Å². The minimum atomic E-state index is 0.0303. The van der Waals surface area contributed by atoms with Crippen LogP contribution in [0.3, 0.4) is 0 Å². The van der Waals surface area contributed by atoms with E-state index in [-0.39, 0.29) is 24.1 Å². The summed E-state index contributed by atoms with van der Waals surface area (Å²) in [5.74, 6) is 5.40. The fourth-order valence-corrected chi connectivity index (χ4v) is 0.810. The molecule has 0 fully saturated rings. The van der Waals surface area contributed by atoms with Crippen molar-refractivity contribution in [2.24, 2.45) is 5.84 Å². The molecule has 1 aromatic rings. The molecule has 0 saturated heterocycles. The van der Waals surface area contributed by atoms with Crippen molar-refractivity contribution in [3.8, 4) is 12.0 Å². The molecule has 1 atom stereocenters. The van der Waals surface area contributed by atoms with E-state index in [1.165, 1.54) is 7.11 Å². The van der Waals surface area contributed by atoms with E-state index in [4.69, 9.17) is 15.3 Å². The van der Waals surface area contributed by atoms with Crippen molar-refractivity contribution in [3.05, 3.63) is 0 Å². The summed E-state index contributed by atoms with van der Waals surface area (Å²) in [6.07, 6.45) is 0.891. The third-order valence-electron chi connectivity index (χ3n) is 1.79. The monoisotopic (exact) mass is 213 g/mol. The molecule has 1 heterocycles. The zero-order chi connectivity index (χ0) is 11.3. The molecular formula is C8H15N5O2. The third-order valence-corrected chi connectivity index (χ3v) is 1.79. The van der Waals surface area contributed by atoms with Crippen LogP contribution in [-0.4, -0.2) is 28.2 Å². The van der Waals surface area contributed by atoms with E-state index in [0.717, 1.165) is 6.42 Å². The molecule has 0 aliphatic heterocycles. The average Bonchev–Trinajstić information content (AvgIpc) is 2.28. The molecule has 3 N–H and O–H groups in total. The molecule has 1 aromatic heterocycles. The van der Waals surface area contributed by atoms with Crippen LogP contribution in [0.15, 0.2) is 0 Å². The number of nitrogens with one attached hydrogen (secondary N) is 1. The van der Waals surface area contributed by atoms with Crippen molar-refractivity contribution in [1.29, 1.82) is 0 Å². The Morgan fingerprint density at radius 2 is 2.00 bits per heavy atom. The third kappa shape index (κ3) is 3.21. The van der Waals surface area contributed by atoms with Crippen LogP contribution in [0.5, 0.6) is 12.0 Å². The van der Waals surface area contributed by atoms with Crippen LogP contribution in [0.4, 0.5) is 5.95 Å². The first kappa shape index (κ1) is 11.4. The largest absolute Gasteiger partial charge is 0.467 e. The summed E-state index contributed by atoms with van der Waals surface area (Å²) in [5, 5.41) is 0. The lowest BCUT2D eigenvalue weighted by atomic mass is 10.3. The Bertz CT molecular complexity index is 298. The predicted octanol–water partition coefficient (Wildman–Crippen LogP) is 0.343. The van der Waals surface area contributed by atoms with Gasteiger partial charge in [-0.3, -0.25) is 5.43 Å². The van der Waals surface area contributed by atoms with E-state index in [2.05, 4.69) is 20.4 Å². The van der Waals surface area contributed by atoms with E-state index < -0.39 is 0 Å². The van der Waals surface area contributed by atoms with Gasteiger partial charge in [-0.05, 0) is 13.3 Å². The van der Waals surface area contributed by atoms with E-state index in [1.54, 1.807) is 0 Å². The maximum absolute atomic E-state index is 5.41. The van der Waals surface area contributed by atoms with E-state index in [0.29, 0.717) is 0 Å². The fourth-order valence-electron chi connectivity index (χ4n) is 0.810. The summed E-state index contributed by atoms with van der Waals surface area (Å²) >= 11 is 0. The Morgan fingerprint density at radius 1 is 1.33 bits per heavy atom. The molecular weight excluding hydrogens is 198 g/mol. The first-order valence-corrected chi connectivity index (χ1v) is 4.63. The lowest BCUT2D eigenvalue weighted by molar-refractivity contribution is 0.195. The Labute approximate surface area is 88.0 Å². The number of hydrogen-bond donors (Lipinski definition) is 2. The van der Waals surface area contributed by atoms with Gasteiger partial charge in [-0.2, -0.15) is 9.97 Å². The van der Waals surface area contributed by atoms with Crippen molar-refractivity contribution in [2.75, 3.05) is 12.5 Å². The van der Waals surface area contributed by atoms with Gasteiger partial charge in [-0.15, -0.1) is 4.98 Å². The Balaban J connectivity index is 2.86. The number of rotatable bonds is 5. The van der Waals surface area contributed by atoms with Gasteiger partial charge in [-0.25, -0.2) is 5.84 Å². The van der Waals surface area contributed by atoms with Gasteiger partial charge >= 0.3 is 12.0 Å². The number of methoxy groups -OCH3 is 1. The summed E-state index contributed by atoms with van der Waals surface area (Å²) in [4.78, 5) is 11.7. The van der Waals surface area contributed by atoms with Crippen LogP contribution >= 0.6 is 0 Å². The van der Waals surface area contributed by atoms with E-state index >= 15 is 0 Å². The van der Waals surface area contributed by atoms with Crippen molar-refractivity contribution in [1.82, 2.24) is 15.0 Å². The number of nitrogen functional groups attached to an aromatic ring is 1. The number of nitrogens with zero attached hydrogens (tertiary/aromatic N) is 3. The van der Waals surface area contributed by atoms with Gasteiger partial charge in [0.2, 0.25) is 5.95 Å². The SMILES string of the molecule is CCC(C)Oc1nc(NN)nc(OC)n1. The number of anilines is 1. The quantitative estimate of drug-likeness (QED) is 0.538. The normalized spacial score (nSPS) is 12.0. The minimum absolute atomic E-state index is 0.0303. The van der Waals surface area contributed by atoms with Gasteiger partial charge in [0, 0.05) is 0 Å². The second kappa shape index (κ2) is 5.30. The molecule has 0 bridgehead atoms. The average molecular weight is 213 g/mol. The smallest absolute Gasteiger partial charge is 0.324 e. The standard InChI is InChI=1S/C8H15N5O2/c1-4-5(2)15-8-11-6(13-9)10-7(12-8)14-3/h5H,4,9H2,1-3H3,(H,10,11,12,13). The topological polar surface area (TPSA) is 95.2 Å². The highest BCUT2D eigenvalue weighted by atomic mass is 16.5. The van der Waals surface area contributed by atoms with Crippen LogP contribution in [0, 0.1) is 0 Å². The molecule has 0 aliphatic rings. The molecule has 1 unspecified atom stereocenters. The molecule has 7 heteroatoms. The first-order valence-electron chi connectivity index (χ1n) is 4.63. The molecule has 1 rings (SSSR count). The minimum Gasteiger partial charge on any atom is -0.467 e. The second-order valence-electron chi connectivity index (χ2n) is 2.91. The zero-order valence-corrected chi connectivity index (χ0v) is 9.02. The highest BCUT2D eigenvalue weighted by molar-refractivity contribution is 5.25. The van der Waals surface area contributed by atoms with Gasteiger partial charge in [0.25, 0.3) is 0 Å². The number of hydrazine groups is 1.